The lowest BCUT2D eigenvalue weighted by atomic mass is 9.94. The molecule has 5 nitrogen and oxygen atoms in total. The van der Waals surface area contributed by atoms with Gasteiger partial charge < -0.3 is 20.2 Å². The van der Waals surface area contributed by atoms with Crippen LogP contribution < -0.4 is 10.6 Å². The lowest BCUT2D eigenvalue weighted by Crippen LogP contribution is -2.43. The molecule has 1 fully saturated rings. The minimum absolute atomic E-state index is 0.0948. The number of amides is 2. The van der Waals surface area contributed by atoms with E-state index in [1.807, 2.05) is 0 Å². The largest absolute Gasteiger partial charge is 0.466 e. The lowest BCUT2D eigenvalue weighted by molar-refractivity contribution is -0.00414. The van der Waals surface area contributed by atoms with Gasteiger partial charge in [-0.25, -0.2) is 4.79 Å². The lowest BCUT2D eigenvalue weighted by Gasteiger charge is -2.26. The average molecular weight is 321 g/mol. The van der Waals surface area contributed by atoms with Crippen LogP contribution in [-0.2, 0) is 5.60 Å². The summed E-state index contributed by atoms with van der Waals surface area (Å²) in [6.45, 7) is 0.0948. The number of rotatable bonds is 5. The second-order valence-corrected chi connectivity index (χ2v) is 5.93. The first-order valence-corrected chi connectivity index (χ1v) is 7.52. The molecule has 2 aromatic rings. The van der Waals surface area contributed by atoms with E-state index in [1.54, 1.807) is 36.4 Å². The first-order valence-electron chi connectivity index (χ1n) is 7.15. The number of aliphatic hydroxyl groups is 1. The monoisotopic (exact) mass is 320 g/mol. The number of urea groups is 1. The summed E-state index contributed by atoms with van der Waals surface area (Å²) in [6.07, 6.45) is 3.37. The van der Waals surface area contributed by atoms with Crippen molar-refractivity contribution in [3.8, 4) is 0 Å². The fraction of sp³-hybridized carbons (Fsp3) is 0.312. The fourth-order valence-corrected chi connectivity index (χ4v) is 2.67. The van der Waals surface area contributed by atoms with Crippen LogP contribution in [0.5, 0.6) is 0 Å². The molecule has 1 aliphatic rings. The van der Waals surface area contributed by atoms with Gasteiger partial charge in [0, 0.05) is 10.7 Å². The zero-order valence-electron chi connectivity index (χ0n) is 11.9. The van der Waals surface area contributed by atoms with Gasteiger partial charge in [-0.2, -0.15) is 0 Å². The van der Waals surface area contributed by atoms with Crippen molar-refractivity contribution in [3.05, 3.63) is 53.4 Å². The standard InChI is InChI=1S/C16H17ClN2O3/c17-12-3-1-4-13(9-12)19-15(20)18-10-16(21,11-6-7-11)14-5-2-8-22-14/h1-5,8-9,11,21H,6-7,10H2,(H2,18,19,20). The van der Waals surface area contributed by atoms with Gasteiger partial charge in [-0.3, -0.25) is 0 Å². The summed E-state index contributed by atoms with van der Waals surface area (Å²) in [7, 11) is 0. The zero-order valence-corrected chi connectivity index (χ0v) is 12.6. The van der Waals surface area contributed by atoms with Crippen molar-refractivity contribution in [3.63, 3.8) is 0 Å². The van der Waals surface area contributed by atoms with Crippen molar-refractivity contribution in [2.45, 2.75) is 18.4 Å². The van der Waals surface area contributed by atoms with E-state index >= 15 is 0 Å². The minimum atomic E-state index is -1.16. The van der Waals surface area contributed by atoms with Crippen molar-refractivity contribution in [2.24, 2.45) is 5.92 Å². The van der Waals surface area contributed by atoms with Crippen LogP contribution >= 0.6 is 11.6 Å². The van der Waals surface area contributed by atoms with Gasteiger partial charge in [0.05, 0.1) is 12.8 Å². The topological polar surface area (TPSA) is 74.5 Å². The van der Waals surface area contributed by atoms with Crippen LogP contribution in [0.3, 0.4) is 0 Å². The molecule has 1 heterocycles. The smallest absolute Gasteiger partial charge is 0.319 e. The molecule has 1 aromatic carbocycles. The molecule has 1 aliphatic carbocycles. The Morgan fingerprint density at radius 1 is 1.36 bits per heavy atom. The molecule has 3 rings (SSSR count). The van der Waals surface area contributed by atoms with Gasteiger partial charge in [-0.1, -0.05) is 17.7 Å². The molecule has 22 heavy (non-hydrogen) atoms. The van der Waals surface area contributed by atoms with Crippen molar-refractivity contribution in [1.82, 2.24) is 5.32 Å². The number of benzene rings is 1. The molecule has 1 unspecified atom stereocenters. The van der Waals surface area contributed by atoms with E-state index in [1.165, 1.54) is 6.26 Å². The number of nitrogens with one attached hydrogen (secondary N) is 2. The van der Waals surface area contributed by atoms with Gasteiger partial charge in [0.25, 0.3) is 0 Å². The Kier molecular flexibility index (Phi) is 4.09. The fourth-order valence-electron chi connectivity index (χ4n) is 2.47. The molecule has 0 saturated heterocycles. The normalized spacial score (nSPS) is 16.8. The molecule has 3 N–H and O–H groups in total. The van der Waals surface area contributed by atoms with Crippen molar-refractivity contribution in [2.75, 3.05) is 11.9 Å². The summed E-state index contributed by atoms with van der Waals surface area (Å²) in [4.78, 5) is 12.0. The highest BCUT2D eigenvalue weighted by atomic mass is 35.5. The molecule has 2 amide bonds. The maximum Gasteiger partial charge on any atom is 0.319 e. The average Bonchev–Trinajstić information content (AvgIpc) is 3.20. The Balaban J connectivity index is 1.62. The first kappa shape index (κ1) is 14.9. The molecule has 1 saturated carbocycles. The molecule has 0 aliphatic heterocycles. The van der Waals surface area contributed by atoms with Gasteiger partial charge in [0.1, 0.15) is 11.4 Å². The summed E-state index contributed by atoms with van der Waals surface area (Å²) in [5, 5.41) is 16.7. The Morgan fingerprint density at radius 3 is 2.82 bits per heavy atom. The van der Waals surface area contributed by atoms with E-state index in [0.29, 0.717) is 16.5 Å². The maximum atomic E-state index is 12.0. The Labute approximate surface area is 133 Å². The molecule has 1 atom stereocenters. The third-order valence-corrected chi connectivity index (χ3v) is 4.04. The Hall–Kier alpha value is -1.98. The van der Waals surface area contributed by atoms with E-state index < -0.39 is 11.6 Å². The SMILES string of the molecule is O=C(NCC(O)(c1ccco1)C1CC1)Nc1cccc(Cl)c1. The number of carbonyl (C=O) groups excluding carboxylic acids is 1. The van der Waals surface area contributed by atoms with Crippen LogP contribution in [0.2, 0.25) is 5.02 Å². The number of anilines is 1. The summed E-state index contributed by atoms with van der Waals surface area (Å²) >= 11 is 5.87. The quantitative estimate of drug-likeness (QED) is 0.791. The predicted octanol–water partition coefficient (Wildman–Crippen LogP) is 3.35. The summed E-state index contributed by atoms with van der Waals surface area (Å²) < 4.78 is 5.33. The Morgan fingerprint density at radius 2 is 2.18 bits per heavy atom. The van der Waals surface area contributed by atoms with E-state index in [-0.39, 0.29) is 12.5 Å². The van der Waals surface area contributed by atoms with Crippen molar-refractivity contribution < 1.29 is 14.3 Å². The van der Waals surface area contributed by atoms with Crippen LogP contribution in [0, 0.1) is 5.92 Å². The van der Waals surface area contributed by atoms with Crippen molar-refractivity contribution in [1.29, 1.82) is 0 Å². The number of hydrogen-bond donors (Lipinski definition) is 3. The molecular weight excluding hydrogens is 304 g/mol. The summed E-state index contributed by atoms with van der Waals surface area (Å²) in [5.74, 6) is 0.600. The summed E-state index contributed by atoms with van der Waals surface area (Å²) in [5.41, 5.74) is -0.562. The second kappa shape index (κ2) is 6.02. The van der Waals surface area contributed by atoms with Crippen LogP contribution in [-0.4, -0.2) is 17.7 Å². The van der Waals surface area contributed by atoms with E-state index in [2.05, 4.69) is 10.6 Å². The van der Waals surface area contributed by atoms with Gasteiger partial charge in [0.15, 0.2) is 0 Å². The molecule has 1 aromatic heterocycles. The van der Waals surface area contributed by atoms with Gasteiger partial charge in [-0.15, -0.1) is 0 Å². The third kappa shape index (κ3) is 3.26. The zero-order chi connectivity index (χ0) is 15.6. The van der Waals surface area contributed by atoms with Crippen molar-refractivity contribution >= 4 is 23.3 Å². The van der Waals surface area contributed by atoms with E-state index in [9.17, 15) is 9.90 Å². The van der Waals surface area contributed by atoms with Gasteiger partial charge >= 0.3 is 6.03 Å². The first-order chi connectivity index (χ1) is 10.6. The number of halogens is 1. The second-order valence-electron chi connectivity index (χ2n) is 5.49. The maximum absolute atomic E-state index is 12.0. The molecule has 6 heteroatoms. The van der Waals surface area contributed by atoms with E-state index in [0.717, 1.165) is 12.8 Å². The molecular formula is C16H17ClN2O3. The summed E-state index contributed by atoms with van der Waals surface area (Å²) in [6, 6.07) is 9.94. The molecule has 0 spiro atoms. The van der Waals surface area contributed by atoms with Crippen LogP contribution in [0.25, 0.3) is 0 Å². The highest BCUT2D eigenvalue weighted by Crippen LogP contribution is 2.45. The highest BCUT2D eigenvalue weighted by Gasteiger charge is 2.47. The van der Waals surface area contributed by atoms with Crippen LogP contribution in [0.4, 0.5) is 10.5 Å². The van der Waals surface area contributed by atoms with E-state index in [4.69, 9.17) is 16.0 Å². The van der Waals surface area contributed by atoms with Gasteiger partial charge in [0.2, 0.25) is 0 Å². The van der Waals surface area contributed by atoms with Crippen LogP contribution in [0.1, 0.15) is 18.6 Å². The molecule has 0 bridgehead atoms. The Bertz CT molecular complexity index is 655. The minimum Gasteiger partial charge on any atom is -0.466 e. The molecule has 116 valence electrons. The number of furan rings is 1. The predicted molar refractivity (Wildman–Crippen MR) is 83.8 cm³/mol. The van der Waals surface area contributed by atoms with Gasteiger partial charge in [-0.05, 0) is 49.1 Å². The number of carbonyl (C=O) groups is 1. The highest BCUT2D eigenvalue weighted by molar-refractivity contribution is 6.30. The number of hydrogen-bond acceptors (Lipinski definition) is 3. The molecule has 0 radical (unpaired) electrons. The van der Waals surface area contributed by atoms with Crippen LogP contribution in [0.15, 0.2) is 47.1 Å². The third-order valence-electron chi connectivity index (χ3n) is 3.80.